The van der Waals surface area contributed by atoms with Crippen LogP contribution in [0, 0.1) is 24.0 Å². The first-order valence-electron chi connectivity index (χ1n) is 10.4. The van der Waals surface area contributed by atoms with Gasteiger partial charge in [0.05, 0.1) is 12.1 Å². The Kier molecular flexibility index (Phi) is 6.90. The summed E-state index contributed by atoms with van der Waals surface area (Å²) < 4.78 is 41.5. The van der Waals surface area contributed by atoms with Crippen molar-refractivity contribution in [3.63, 3.8) is 0 Å². The van der Waals surface area contributed by atoms with E-state index in [4.69, 9.17) is 18.2 Å². The van der Waals surface area contributed by atoms with Gasteiger partial charge in [-0.2, -0.15) is 0 Å². The molecule has 6 nitrogen and oxygen atoms in total. The standard InChI is InChI=1S/C26H15ClF3N3O3/c1-31-14-5-7-16(18(27)12-14)17-6-4-13(15-3-2-10-32-24(15)17)11-21(26(35)36)33-25(34)22-19(28)8-9-20(29)23(22)30/h2-10,12,21H,11H2,(H,33,34)(H,35,36)/t21-/m0/s1. The third-order valence-electron chi connectivity index (χ3n) is 5.53. The number of hydrogen-bond donors (Lipinski definition) is 2. The molecule has 0 saturated carbocycles. The zero-order valence-corrected chi connectivity index (χ0v) is 19.0. The predicted molar refractivity (Wildman–Crippen MR) is 127 cm³/mol. The van der Waals surface area contributed by atoms with Gasteiger partial charge in [-0.05, 0) is 35.4 Å². The molecule has 3 aromatic carbocycles. The van der Waals surface area contributed by atoms with Crippen LogP contribution in [0.15, 0.2) is 60.8 Å². The lowest BCUT2D eigenvalue weighted by atomic mass is 9.95. The summed E-state index contributed by atoms with van der Waals surface area (Å²) in [4.78, 5) is 32.1. The number of nitrogens with one attached hydrogen (secondary N) is 1. The van der Waals surface area contributed by atoms with Gasteiger partial charge in [-0.15, -0.1) is 0 Å². The van der Waals surface area contributed by atoms with Crippen molar-refractivity contribution in [2.45, 2.75) is 12.5 Å². The Morgan fingerprint density at radius 2 is 1.78 bits per heavy atom. The maximum Gasteiger partial charge on any atom is 0.326 e. The molecule has 4 rings (SSSR count). The van der Waals surface area contributed by atoms with Crippen molar-refractivity contribution in [2.75, 3.05) is 0 Å². The second kappa shape index (κ2) is 10.1. The average Bonchev–Trinajstić information content (AvgIpc) is 2.86. The number of carbonyl (C=O) groups excluding carboxylic acids is 1. The minimum Gasteiger partial charge on any atom is -0.480 e. The highest BCUT2D eigenvalue weighted by Gasteiger charge is 2.27. The number of fused-ring (bicyclic) bond motifs is 1. The van der Waals surface area contributed by atoms with Crippen molar-refractivity contribution in [3.05, 3.63) is 106 Å². The molecular formula is C26H15ClF3N3O3. The van der Waals surface area contributed by atoms with Crippen LogP contribution in [0.1, 0.15) is 15.9 Å². The molecule has 0 fully saturated rings. The van der Waals surface area contributed by atoms with Crippen molar-refractivity contribution < 1.29 is 27.9 Å². The van der Waals surface area contributed by atoms with E-state index >= 15 is 0 Å². The largest absolute Gasteiger partial charge is 0.480 e. The third-order valence-corrected chi connectivity index (χ3v) is 5.84. The Morgan fingerprint density at radius 1 is 1.06 bits per heavy atom. The van der Waals surface area contributed by atoms with Gasteiger partial charge in [0.15, 0.2) is 17.3 Å². The molecule has 1 atom stereocenters. The number of nitrogens with zero attached hydrogens (tertiary/aromatic N) is 2. The average molecular weight is 510 g/mol. The van der Waals surface area contributed by atoms with Crippen LogP contribution in [0.3, 0.4) is 0 Å². The van der Waals surface area contributed by atoms with Gasteiger partial charge in [0.2, 0.25) is 0 Å². The summed E-state index contributed by atoms with van der Waals surface area (Å²) in [5.41, 5.74) is 1.37. The fraction of sp³-hybridized carbons (Fsp3) is 0.0769. The van der Waals surface area contributed by atoms with Crippen molar-refractivity contribution in [1.82, 2.24) is 10.3 Å². The van der Waals surface area contributed by atoms with E-state index in [1.54, 1.807) is 42.6 Å². The molecule has 1 heterocycles. The van der Waals surface area contributed by atoms with Gasteiger partial charge >= 0.3 is 5.97 Å². The highest BCUT2D eigenvalue weighted by molar-refractivity contribution is 6.34. The van der Waals surface area contributed by atoms with Crippen LogP contribution in [0.4, 0.5) is 18.9 Å². The number of rotatable bonds is 6. The number of pyridine rings is 1. The van der Waals surface area contributed by atoms with E-state index in [1.165, 1.54) is 6.07 Å². The van der Waals surface area contributed by atoms with Gasteiger partial charge in [-0.3, -0.25) is 9.78 Å². The summed E-state index contributed by atoms with van der Waals surface area (Å²) >= 11 is 6.38. The van der Waals surface area contributed by atoms with Crippen molar-refractivity contribution in [2.24, 2.45) is 0 Å². The molecule has 36 heavy (non-hydrogen) atoms. The van der Waals surface area contributed by atoms with Gasteiger partial charge in [0.25, 0.3) is 5.91 Å². The van der Waals surface area contributed by atoms with Crippen LogP contribution < -0.4 is 5.32 Å². The van der Waals surface area contributed by atoms with Gasteiger partial charge < -0.3 is 10.4 Å². The molecule has 1 amide bonds. The molecular weight excluding hydrogens is 495 g/mol. The lowest BCUT2D eigenvalue weighted by Crippen LogP contribution is -2.43. The zero-order valence-electron chi connectivity index (χ0n) is 18.2. The molecule has 0 aliphatic heterocycles. The number of amides is 1. The Balaban J connectivity index is 1.71. The van der Waals surface area contributed by atoms with E-state index in [-0.39, 0.29) is 6.42 Å². The monoisotopic (exact) mass is 509 g/mol. The van der Waals surface area contributed by atoms with E-state index in [2.05, 4.69) is 15.1 Å². The SMILES string of the molecule is [C-]#[N+]c1ccc(-c2ccc(C[C@H](NC(=O)c3c(F)ccc(F)c3F)C(=O)O)c3cccnc23)c(Cl)c1. The zero-order chi connectivity index (χ0) is 26.0. The summed E-state index contributed by atoms with van der Waals surface area (Å²) in [6.07, 6.45) is 1.29. The highest BCUT2D eigenvalue weighted by atomic mass is 35.5. The number of carboxylic acid groups (broad SMARTS) is 1. The van der Waals surface area contributed by atoms with Crippen LogP contribution in [-0.4, -0.2) is 28.0 Å². The Labute approximate surface area is 207 Å². The quantitative estimate of drug-likeness (QED) is 0.248. The van der Waals surface area contributed by atoms with Gasteiger partial charge in [0.1, 0.15) is 17.4 Å². The molecule has 0 saturated heterocycles. The molecule has 10 heteroatoms. The second-order valence-corrected chi connectivity index (χ2v) is 8.14. The summed E-state index contributed by atoms with van der Waals surface area (Å²) in [6.45, 7) is 7.13. The summed E-state index contributed by atoms with van der Waals surface area (Å²) in [7, 11) is 0. The summed E-state index contributed by atoms with van der Waals surface area (Å²) in [5, 5.41) is 12.6. The van der Waals surface area contributed by atoms with E-state index in [0.29, 0.717) is 50.4 Å². The van der Waals surface area contributed by atoms with Crippen LogP contribution in [-0.2, 0) is 11.2 Å². The fourth-order valence-corrected chi connectivity index (χ4v) is 4.08. The normalized spacial score (nSPS) is 11.6. The fourth-order valence-electron chi connectivity index (χ4n) is 3.80. The number of benzene rings is 3. The third kappa shape index (κ3) is 4.72. The first-order chi connectivity index (χ1) is 17.2. The molecule has 0 bridgehead atoms. The van der Waals surface area contributed by atoms with Crippen LogP contribution in [0.25, 0.3) is 26.9 Å². The topological polar surface area (TPSA) is 83.7 Å². The number of aromatic nitrogens is 1. The van der Waals surface area contributed by atoms with Gasteiger partial charge in [0, 0.05) is 28.6 Å². The molecule has 0 spiro atoms. The maximum absolute atomic E-state index is 14.0. The van der Waals surface area contributed by atoms with E-state index in [9.17, 15) is 27.9 Å². The van der Waals surface area contributed by atoms with Crippen molar-refractivity contribution in [1.29, 1.82) is 0 Å². The molecule has 0 radical (unpaired) electrons. The molecule has 2 N–H and O–H groups in total. The smallest absolute Gasteiger partial charge is 0.326 e. The van der Waals surface area contributed by atoms with E-state index < -0.39 is 40.9 Å². The Hall–Kier alpha value is -4.42. The molecule has 0 aliphatic rings. The Morgan fingerprint density at radius 3 is 2.47 bits per heavy atom. The van der Waals surface area contributed by atoms with Crippen molar-refractivity contribution >= 4 is 40.1 Å². The second-order valence-electron chi connectivity index (χ2n) is 7.73. The maximum atomic E-state index is 14.0. The molecule has 0 unspecified atom stereocenters. The molecule has 4 aromatic rings. The first kappa shape index (κ1) is 24.7. The van der Waals surface area contributed by atoms with Crippen LogP contribution in [0.2, 0.25) is 5.02 Å². The Bertz CT molecular complexity index is 1570. The summed E-state index contributed by atoms with van der Waals surface area (Å²) in [5.74, 6) is -7.33. The van der Waals surface area contributed by atoms with Crippen molar-refractivity contribution in [3.8, 4) is 11.1 Å². The van der Waals surface area contributed by atoms with Gasteiger partial charge in [-0.1, -0.05) is 41.9 Å². The molecule has 0 aliphatic carbocycles. The van der Waals surface area contributed by atoms with E-state index in [1.807, 2.05) is 0 Å². The minimum absolute atomic E-state index is 0.257. The lowest BCUT2D eigenvalue weighted by Gasteiger charge is -2.17. The number of hydrogen-bond acceptors (Lipinski definition) is 3. The van der Waals surface area contributed by atoms with Crippen LogP contribution in [0.5, 0.6) is 0 Å². The molecule has 180 valence electrons. The summed E-state index contributed by atoms with van der Waals surface area (Å²) in [6, 6.07) is 11.0. The number of carboxylic acids is 1. The van der Waals surface area contributed by atoms with Gasteiger partial charge in [-0.25, -0.2) is 22.8 Å². The predicted octanol–water partition coefficient (Wildman–Crippen LogP) is 5.95. The molecule has 1 aromatic heterocycles. The first-order valence-corrected chi connectivity index (χ1v) is 10.8. The number of carbonyl (C=O) groups is 2. The number of aliphatic carboxylic acids is 1. The highest BCUT2D eigenvalue weighted by Crippen LogP contribution is 2.36. The van der Waals surface area contributed by atoms with E-state index in [0.717, 1.165) is 0 Å². The lowest BCUT2D eigenvalue weighted by molar-refractivity contribution is -0.139. The minimum atomic E-state index is -1.71. The van der Waals surface area contributed by atoms with Crippen LogP contribution >= 0.6 is 11.6 Å². The number of halogens is 4.